The summed E-state index contributed by atoms with van der Waals surface area (Å²) in [4.78, 5) is 0. The van der Waals surface area contributed by atoms with Crippen LogP contribution in [0.5, 0.6) is 0 Å². The highest BCUT2D eigenvalue weighted by molar-refractivity contribution is 6.40. The molecule has 50 valence electrons. The van der Waals surface area contributed by atoms with Crippen LogP contribution in [0.25, 0.3) is 0 Å². The van der Waals surface area contributed by atoms with Gasteiger partial charge in [0.05, 0.1) is 5.00 Å². The summed E-state index contributed by atoms with van der Waals surface area (Å²) in [6.45, 7) is 0. The average Bonchev–Trinajstić information content (AvgIpc) is 1.64. The Kier molecular flexibility index (Phi) is 3.47. The van der Waals surface area contributed by atoms with E-state index in [1.54, 1.807) is 0 Å². The van der Waals surface area contributed by atoms with Gasteiger partial charge >= 0.3 is 0 Å². The second-order valence-corrected chi connectivity index (χ2v) is 4.12. The van der Waals surface area contributed by atoms with E-state index in [4.69, 9.17) is 11.6 Å². The van der Waals surface area contributed by atoms with Gasteiger partial charge in [-0.1, -0.05) is 0 Å². The summed E-state index contributed by atoms with van der Waals surface area (Å²) in [7, 11) is 0.261. The van der Waals surface area contributed by atoms with Crippen LogP contribution in [0, 0.1) is 0 Å². The Morgan fingerprint density at radius 3 is 1.62 bits per heavy atom. The highest BCUT2D eigenvalue weighted by Crippen LogP contribution is 2.11. The Hall–Kier alpha value is 0.297. The van der Waals surface area contributed by atoms with E-state index in [2.05, 4.69) is 0 Å². The van der Waals surface area contributed by atoms with Crippen LogP contribution in [0.1, 0.15) is 0 Å². The molecule has 0 bridgehead atoms. The standard InChI is InChI=1S/C3H6ClF3Si/c4-2(8)1(5)3(6)7/h1-3H,8H3. The summed E-state index contributed by atoms with van der Waals surface area (Å²) in [5.74, 6) is 0. The fraction of sp³-hybridized carbons (Fsp3) is 1.00. The lowest BCUT2D eigenvalue weighted by Crippen LogP contribution is -2.23. The van der Waals surface area contributed by atoms with Gasteiger partial charge in [0.25, 0.3) is 6.43 Å². The summed E-state index contributed by atoms with van der Waals surface area (Å²) in [6.07, 6.45) is -5.06. The third kappa shape index (κ3) is 2.57. The predicted molar refractivity (Wildman–Crippen MR) is 30.5 cm³/mol. The molecule has 0 radical (unpaired) electrons. The van der Waals surface area contributed by atoms with Crippen molar-refractivity contribution < 1.29 is 13.2 Å². The highest BCUT2D eigenvalue weighted by Gasteiger charge is 2.23. The maximum atomic E-state index is 11.8. The zero-order valence-electron chi connectivity index (χ0n) is 4.24. The van der Waals surface area contributed by atoms with Crippen molar-refractivity contribution in [2.75, 3.05) is 0 Å². The van der Waals surface area contributed by atoms with Crippen LogP contribution < -0.4 is 0 Å². The van der Waals surface area contributed by atoms with Crippen LogP contribution in [-0.2, 0) is 0 Å². The molecule has 0 nitrogen and oxygen atoms in total. The van der Waals surface area contributed by atoms with E-state index in [0.717, 1.165) is 0 Å². The summed E-state index contributed by atoms with van der Waals surface area (Å²) in [5.41, 5.74) is 0. The zero-order valence-corrected chi connectivity index (χ0v) is 7.00. The van der Waals surface area contributed by atoms with Gasteiger partial charge in [0.1, 0.15) is 0 Å². The lowest BCUT2D eigenvalue weighted by atomic mass is 10.5. The van der Waals surface area contributed by atoms with Crippen LogP contribution in [0.3, 0.4) is 0 Å². The Labute approximate surface area is 53.4 Å². The van der Waals surface area contributed by atoms with Gasteiger partial charge in [-0.3, -0.25) is 0 Å². The normalized spacial score (nSPS) is 19.1. The Balaban J connectivity index is 3.46. The van der Waals surface area contributed by atoms with Gasteiger partial charge in [-0.05, 0) is 0 Å². The van der Waals surface area contributed by atoms with Crippen molar-refractivity contribution in [3.05, 3.63) is 0 Å². The molecule has 0 aliphatic rings. The van der Waals surface area contributed by atoms with Crippen molar-refractivity contribution >= 4 is 21.8 Å². The number of rotatable bonds is 2. The SMILES string of the molecule is FC(F)C(F)C([SiH3])Cl. The predicted octanol–water partition coefficient (Wildman–Crippen LogP) is 0.520. The van der Waals surface area contributed by atoms with Crippen molar-refractivity contribution in [2.45, 2.75) is 17.6 Å². The summed E-state index contributed by atoms with van der Waals surface area (Å²) >= 11 is 5.03. The molecule has 0 aliphatic heterocycles. The molecule has 0 aliphatic carbocycles. The fourth-order valence-electron chi connectivity index (χ4n) is 0.200. The van der Waals surface area contributed by atoms with E-state index in [1.807, 2.05) is 0 Å². The molecule has 0 spiro atoms. The molecule has 0 aromatic rings. The van der Waals surface area contributed by atoms with Gasteiger partial charge < -0.3 is 0 Å². The van der Waals surface area contributed by atoms with E-state index in [9.17, 15) is 13.2 Å². The molecule has 0 N–H and O–H groups in total. The first-order chi connectivity index (χ1) is 3.55. The van der Waals surface area contributed by atoms with Crippen molar-refractivity contribution in [3.8, 4) is 0 Å². The Bertz CT molecular complexity index is 59.5. The summed E-state index contributed by atoms with van der Waals surface area (Å²) in [6, 6.07) is 0. The van der Waals surface area contributed by atoms with Gasteiger partial charge in [-0.25, -0.2) is 13.2 Å². The van der Waals surface area contributed by atoms with E-state index in [0.29, 0.717) is 0 Å². The van der Waals surface area contributed by atoms with E-state index in [-0.39, 0.29) is 10.2 Å². The Morgan fingerprint density at radius 1 is 1.25 bits per heavy atom. The molecule has 8 heavy (non-hydrogen) atoms. The quantitative estimate of drug-likeness (QED) is 0.410. The molecule has 0 saturated heterocycles. The van der Waals surface area contributed by atoms with E-state index >= 15 is 0 Å². The van der Waals surface area contributed by atoms with Gasteiger partial charge in [0.2, 0.25) is 0 Å². The van der Waals surface area contributed by atoms with E-state index in [1.165, 1.54) is 0 Å². The molecule has 5 heteroatoms. The second kappa shape index (κ2) is 3.35. The molecule has 0 heterocycles. The highest BCUT2D eigenvalue weighted by atomic mass is 35.5. The zero-order chi connectivity index (χ0) is 6.73. The van der Waals surface area contributed by atoms with Gasteiger partial charge in [-0.15, -0.1) is 11.6 Å². The topological polar surface area (TPSA) is 0 Å². The van der Waals surface area contributed by atoms with Crippen molar-refractivity contribution in [1.82, 2.24) is 0 Å². The lowest BCUT2D eigenvalue weighted by molar-refractivity contribution is 0.0572. The number of hydrogen-bond acceptors (Lipinski definition) is 0. The number of hydrogen-bond donors (Lipinski definition) is 0. The molecule has 0 fully saturated rings. The molecular weight excluding hydrogens is 157 g/mol. The fourth-order valence-corrected chi connectivity index (χ4v) is 0.601. The van der Waals surface area contributed by atoms with Crippen molar-refractivity contribution in [1.29, 1.82) is 0 Å². The minimum Gasteiger partial charge on any atom is -0.240 e. The summed E-state index contributed by atoms with van der Waals surface area (Å²) in [5, 5.41) is -0.963. The first-order valence-electron chi connectivity index (χ1n) is 2.12. The minimum atomic E-state index is -2.92. The number of halogens is 4. The van der Waals surface area contributed by atoms with Crippen molar-refractivity contribution in [2.24, 2.45) is 0 Å². The first-order valence-corrected chi connectivity index (χ1v) is 3.71. The number of alkyl halides is 4. The van der Waals surface area contributed by atoms with Gasteiger partial charge in [-0.2, -0.15) is 0 Å². The maximum Gasteiger partial charge on any atom is 0.270 e. The third-order valence-electron chi connectivity index (χ3n) is 0.680. The van der Waals surface area contributed by atoms with Crippen LogP contribution in [-0.4, -0.2) is 27.8 Å². The van der Waals surface area contributed by atoms with E-state index < -0.39 is 17.6 Å². The molecule has 0 saturated carbocycles. The van der Waals surface area contributed by atoms with Gasteiger partial charge in [0.15, 0.2) is 6.17 Å². The molecule has 2 unspecified atom stereocenters. The average molecular weight is 163 g/mol. The molecule has 0 amide bonds. The Morgan fingerprint density at radius 2 is 1.62 bits per heavy atom. The monoisotopic (exact) mass is 162 g/mol. The summed E-state index contributed by atoms with van der Waals surface area (Å²) < 4.78 is 34.3. The maximum absolute atomic E-state index is 11.8. The molecule has 2 atom stereocenters. The van der Waals surface area contributed by atoms with Crippen LogP contribution in [0.2, 0.25) is 0 Å². The largest absolute Gasteiger partial charge is 0.270 e. The minimum absolute atomic E-state index is 0.261. The molecular formula is C3H6ClF3Si. The smallest absolute Gasteiger partial charge is 0.240 e. The molecule has 0 aromatic heterocycles. The second-order valence-electron chi connectivity index (χ2n) is 1.46. The van der Waals surface area contributed by atoms with Crippen LogP contribution >= 0.6 is 11.6 Å². The van der Waals surface area contributed by atoms with Crippen LogP contribution in [0.15, 0.2) is 0 Å². The van der Waals surface area contributed by atoms with Gasteiger partial charge in [0, 0.05) is 10.2 Å². The first kappa shape index (κ1) is 8.30. The lowest BCUT2D eigenvalue weighted by Gasteiger charge is -2.06. The third-order valence-corrected chi connectivity index (χ3v) is 1.56. The van der Waals surface area contributed by atoms with Crippen molar-refractivity contribution in [3.63, 3.8) is 0 Å². The van der Waals surface area contributed by atoms with Crippen LogP contribution in [0.4, 0.5) is 13.2 Å². The molecule has 0 aromatic carbocycles. The molecule has 0 rings (SSSR count).